The summed E-state index contributed by atoms with van der Waals surface area (Å²) in [6.45, 7) is 2.73. The van der Waals surface area contributed by atoms with Crippen molar-refractivity contribution in [1.82, 2.24) is 5.32 Å². The van der Waals surface area contributed by atoms with Crippen molar-refractivity contribution in [1.29, 1.82) is 0 Å². The van der Waals surface area contributed by atoms with Gasteiger partial charge in [-0.25, -0.2) is 0 Å². The molecule has 1 atom stereocenters. The van der Waals surface area contributed by atoms with Crippen LogP contribution in [-0.2, 0) is 6.42 Å². The van der Waals surface area contributed by atoms with Crippen LogP contribution < -0.4 is 10.1 Å². The van der Waals surface area contributed by atoms with Gasteiger partial charge in [-0.2, -0.15) is 11.3 Å². The lowest BCUT2D eigenvalue weighted by Gasteiger charge is -2.19. The quantitative estimate of drug-likeness (QED) is 0.823. The van der Waals surface area contributed by atoms with Crippen LogP contribution in [0.3, 0.4) is 0 Å². The number of thiophene rings is 1. The van der Waals surface area contributed by atoms with Crippen LogP contribution >= 0.6 is 11.3 Å². The molecule has 102 valence electrons. The maximum absolute atomic E-state index is 5.72. The Morgan fingerprint density at radius 2 is 2.11 bits per heavy atom. The van der Waals surface area contributed by atoms with E-state index in [1.165, 1.54) is 11.1 Å². The van der Waals surface area contributed by atoms with Gasteiger partial charge >= 0.3 is 0 Å². The lowest BCUT2D eigenvalue weighted by Crippen LogP contribution is -2.18. The van der Waals surface area contributed by atoms with Gasteiger partial charge in [0.25, 0.3) is 0 Å². The van der Waals surface area contributed by atoms with Crippen molar-refractivity contribution in [2.45, 2.75) is 25.8 Å². The molecule has 2 aromatic rings. The van der Waals surface area contributed by atoms with E-state index in [2.05, 4.69) is 34.3 Å². The molecule has 2 rings (SSSR count). The second-order valence-corrected chi connectivity index (χ2v) is 5.26. The first-order chi connectivity index (χ1) is 9.35. The maximum Gasteiger partial charge on any atom is 0.124 e. The third-order valence-corrected chi connectivity index (χ3v) is 3.98. The number of hydrogen-bond acceptors (Lipinski definition) is 3. The van der Waals surface area contributed by atoms with Crippen LogP contribution in [0.15, 0.2) is 41.1 Å². The molecule has 19 heavy (non-hydrogen) atoms. The van der Waals surface area contributed by atoms with E-state index in [1.54, 1.807) is 11.3 Å². The van der Waals surface area contributed by atoms with Crippen molar-refractivity contribution in [3.8, 4) is 5.75 Å². The highest BCUT2D eigenvalue weighted by atomic mass is 32.1. The van der Waals surface area contributed by atoms with E-state index in [0.717, 1.165) is 18.6 Å². The molecule has 0 saturated carbocycles. The van der Waals surface area contributed by atoms with Crippen molar-refractivity contribution in [2.24, 2.45) is 0 Å². The van der Waals surface area contributed by atoms with E-state index < -0.39 is 0 Å². The van der Waals surface area contributed by atoms with Gasteiger partial charge in [0.15, 0.2) is 0 Å². The van der Waals surface area contributed by atoms with Gasteiger partial charge in [-0.15, -0.1) is 0 Å². The zero-order chi connectivity index (χ0) is 13.5. The topological polar surface area (TPSA) is 21.3 Å². The minimum Gasteiger partial charge on any atom is -0.494 e. The predicted octanol–water partition coefficient (Wildman–Crippen LogP) is 4.04. The normalized spacial score (nSPS) is 12.3. The van der Waals surface area contributed by atoms with Crippen LogP contribution in [0.25, 0.3) is 0 Å². The number of benzene rings is 1. The number of rotatable bonds is 7. The zero-order valence-electron chi connectivity index (χ0n) is 11.6. The minimum absolute atomic E-state index is 0.336. The molecular weight excluding hydrogens is 254 g/mol. The Kier molecular flexibility index (Phi) is 5.43. The Morgan fingerprint density at radius 3 is 2.79 bits per heavy atom. The second kappa shape index (κ2) is 7.31. The molecule has 2 nitrogen and oxygen atoms in total. The van der Waals surface area contributed by atoms with Crippen molar-refractivity contribution in [2.75, 3.05) is 13.7 Å². The summed E-state index contributed by atoms with van der Waals surface area (Å²) in [6, 6.07) is 10.8. The average Bonchev–Trinajstić information content (AvgIpc) is 2.95. The van der Waals surface area contributed by atoms with Crippen LogP contribution in [-0.4, -0.2) is 13.7 Å². The molecule has 3 heteroatoms. The molecule has 0 fully saturated rings. The van der Waals surface area contributed by atoms with Crippen molar-refractivity contribution < 1.29 is 4.74 Å². The number of para-hydroxylation sites is 1. The molecule has 0 saturated heterocycles. The van der Waals surface area contributed by atoms with Crippen molar-refractivity contribution in [3.63, 3.8) is 0 Å². The SMILES string of the molecule is CCOc1ccccc1C(CCc1ccsc1)NC. The molecule has 0 amide bonds. The Hall–Kier alpha value is -1.32. The van der Waals surface area contributed by atoms with E-state index in [0.29, 0.717) is 12.6 Å². The van der Waals surface area contributed by atoms with Gasteiger partial charge in [0.2, 0.25) is 0 Å². The van der Waals surface area contributed by atoms with E-state index in [1.807, 2.05) is 26.1 Å². The molecule has 0 radical (unpaired) electrons. The first kappa shape index (κ1) is 14.1. The van der Waals surface area contributed by atoms with Crippen LogP contribution in [0.1, 0.15) is 30.5 Å². The molecule has 0 aliphatic carbocycles. The molecule has 0 spiro atoms. The van der Waals surface area contributed by atoms with E-state index in [-0.39, 0.29) is 0 Å². The third-order valence-electron chi connectivity index (χ3n) is 3.24. The van der Waals surface area contributed by atoms with Crippen LogP contribution in [0.4, 0.5) is 0 Å². The van der Waals surface area contributed by atoms with E-state index >= 15 is 0 Å². The summed E-state index contributed by atoms with van der Waals surface area (Å²) in [5.41, 5.74) is 2.67. The smallest absolute Gasteiger partial charge is 0.124 e. The average molecular weight is 275 g/mol. The third kappa shape index (κ3) is 3.82. The second-order valence-electron chi connectivity index (χ2n) is 4.48. The van der Waals surface area contributed by atoms with Gasteiger partial charge in [-0.1, -0.05) is 18.2 Å². The molecule has 1 heterocycles. The van der Waals surface area contributed by atoms with Crippen LogP contribution in [0.5, 0.6) is 5.75 Å². The van der Waals surface area contributed by atoms with Gasteiger partial charge < -0.3 is 10.1 Å². The highest BCUT2D eigenvalue weighted by Crippen LogP contribution is 2.28. The fraction of sp³-hybridized carbons (Fsp3) is 0.375. The first-order valence-electron chi connectivity index (χ1n) is 6.75. The number of hydrogen-bond donors (Lipinski definition) is 1. The van der Waals surface area contributed by atoms with Gasteiger partial charge in [-0.05, 0) is 55.3 Å². The van der Waals surface area contributed by atoms with Gasteiger partial charge in [0.1, 0.15) is 5.75 Å². The van der Waals surface area contributed by atoms with Gasteiger partial charge in [0.05, 0.1) is 6.61 Å². The fourth-order valence-corrected chi connectivity index (χ4v) is 2.96. The molecule has 1 N–H and O–H groups in total. The summed E-state index contributed by atoms with van der Waals surface area (Å²) in [7, 11) is 2.01. The fourth-order valence-electron chi connectivity index (χ4n) is 2.26. The summed E-state index contributed by atoms with van der Waals surface area (Å²) in [5.74, 6) is 0.995. The van der Waals surface area contributed by atoms with E-state index in [9.17, 15) is 0 Å². The first-order valence-corrected chi connectivity index (χ1v) is 7.69. The zero-order valence-corrected chi connectivity index (χ0v) is 12.4. The molecule has 0 aliphatic heterocycles. The molecule has 1 unspecified atom stereocenters. The number of nitrogens with one attached hydrogen (secondary N) is 1. The monoisotopic (exact) mass is 275 g/mol. The molecule has 1 aromatic carbocycles. The molecule has 0 bridgehead atoms. The van der Waals surface area contributed by atoms with Crippen LogP contribution in [0.2, 0.25) is 0 Å². The Morgan fingerprint density at radius 1 is 1.26 bits per heavy atom. The summed E-state index contributed by atoms with van der Waals surface area (Å²) in [5, 5.41) is 7.76. The maximum atomic E-state index is 5.72. The molecular formula is C16H21NOS. The Bertz CT molecular complexity index is 481. The van der Waals surface area contributed by atoms with Crippen LogP contribution in [0, 0.1) is 0 Å². The largest absolute Gasteiger partial charge is 0.494 e. The van der Waals surface area contributed by atoms with Gasteiger partial charge in [0, 0.05) is 11.6 Å². The summed E-state index contributed by atoms with van der Waals surface area (Å²) in [4.78, 5) is 0. The Balaban J connectivity index is 2.08. The highest BCUT2D eigenvalue weighted by molar-refractivity contribution is 7.07. The summed E-state index contributed by atoms with van der Waals surface area (Å²) < 4.78 is 5.72. The highest BCUT2D eigenvalue weighted by Gasteiger charge is 2.14. The van der Waals surface area contributed by atoms with Gasteiger partial charge in [-0.3, -0.25) is 0 Å². The number of ether oxygens (including phenoxy) is 1. The lowest BCUT2D eigenvalue weighted by atomic mass is 9.99. The van der Waals surface area contributed by atoms with Crippen molar-refractivity contribution in [3.05, 3.63) is 52.2 Å². The summed E-state index contributed by atoms with van der Waals surface area (Å²) >= 11 is 1.76. The predicted molar refractivity (Wildman–Crippen MR) is 82.1 cm³/mol. The molecule has 0 aliphatic rings. The standard InChI is InChI=1S/C16H21NOS/c1-3-18-16-7-5-4-6-14(16)15(17-2)9-8-13-10-11-19-12-13/h4-7,10-12,15,17H,3,8-9H2,1-2H3. The number of aryl methyl sites for hydroxylation is 1. The minimum atomic E-state index is 0.336. The van der Waals surface area contributed by atoms with Crippen molar-refractivity contribution >= 4 is 11.3 Å². The Labute approximate surface area is 119 Å². The summed E-state index contributed by atoms with van der Waals surface area (Å²) in [6.07, 6.45) is 2.17. The lowest BCUT2D eigenvalue weighted by molar-refractivity contribution is 0.331. The van der Waals surface area contributed by atoms with E-state index in [4.69, 9.17) is 4.74 Å². The molecule has 1 aromatic heterocycles.